The first-order valence-electron chi connectivity index (χ1n) is 8.56. The number of nitrogens with zero attached hydrogens (tertiary/aromatic N) is 1. The molecule has 0 spiro atoms. The molecule has 0 radical (unpaired) electrons. The largest absolute Gasteiger partial charge is 0.481 e. The molecule has 1 heterocycles. The van der Waals surface area contributed by atoms with E-state index < -0.39 is 11.8 Å². The number of halogens is 1. The first-order valence-corrected chi connectivity index (χ1v) is 9.35. The number of aromatic nitrogens is 2. The normalized spacial score (nSPS) is 11.9. The number of benzene rings is 2. The summed E-state index contributed by atoms with van der Waals surface area (Å²) in [5.41, 5.74) is 1.59. The molecule has 0 fully saturated rings. The Bertz CT molecular complexity index is 1030. The van der Waals surface area contributed by atoms with Crippen LogP contribution < -0.4 is 15.7 Å². The minimum absolute atomic E-state index is 0.272. The van der Waals surface area contributed by atoms with Crippen LogP contribution in [0.1, 0.15) is 18.1 Å². The van der Waals surface area contributed by atoms with Crippen LogP contribution in [0.25, 0.3) is 12.2 Å². The second-order valence-corrected chi connectivity index (χ2v) is 6.91. The first-order chi connectivity index (χ1) is 13.5. The van der Waals surface area contributed by atoms with Crippen molar-refractivity contribution in [3.8, 4) is 5.75 Å². The van der Waals surface area contributed by atoms with Crippen molar-refractivity contribution in [1.29, 1.82) is 0 Å². The number of carbonyl (C=O) groups excluding carboxylic acids is 1. The summed E-state index contributed by atoms with van der Waals surface area (Å²) in [4.78, 5) is 29.3. The van der Waals surface area contributed by atoms with Gasteiger partial charge in [-0.2, -0.15) is 0 Å². The van der Waals surface area contributed by atoms with Gasteiger partial charge < -0.3 is 10.1 Å². The molecular weight excluding hydrogens is 422 g/mol. The average Bonchev–Trinajstić information content (AvgIpc) is 2.68. The van der Waals surface area contributed by atoms with Crippen molar-refractivity contribution in [2.24, 2.45) is 0 Å². The average molecular weight is 440 g/mol. The molecular formula is C21H18BrN3O3. The maximum absolute atomic E-state index is 12.2. The molecule has 0 aliphatic carbocycles. The lowest BCUT2D eigenvalue weighted by Crippen LogP contribution is -2.31. The maximum atomic E-state index is 12.2. The third kappa shape index (κ3) is 5.65. The highest BCUT2D eigenvalue weighted by atomic mass is 79.9. The highest BCUT2D eigenvalue weighted by molar-refractivity contribution is 9.10. The van der Waals surface area contributed by atoms with E-state index in [1.807, 2.05) is 48.6 Å². The number of rotatable bonds is 6. The molecule has 2 N–H and O–H groups in total. The van der Waals surface area contributed by atoms with Gasteiger partial charge in [0.2, 0.25) is 0 Å². The highest BCUT2D eigenvalue weighted by Gasteiger charge is 2.15. The number of carbonyl (C=O) groups is 1. The van der Waals surface area contributed by atoms with Crippen molar-refractivity contribution < 1.29 is 9.53 Å². The van der Waals surface area contributed by atoms with E-state index in [1.54, 1.807) is 19.1 Å². The second-order valence-electron chi connectivity index (χ2n) is 5.99. The van der Waals surface area contributed by atoms with Gasteiger partial charge in [0, 0.05) is 10.7 Å². The van der Waals surface area contributed by atoms with Gasteiger partial charge in [-0.05, 0) is 48.4 Å². The molecule has 0 bridgehead atoms. The van der Waals surface area contributed by atoms with Crippen LogP contribution in [0.3, 0.4) is 0 Å². The quantitative estimate of drug-likeness (QED) is 0.566. The van der Waals surface area contributed by atoms with E-state index in [-0.39, 0.29) is 11.7 Å². The fourth-order valence-corrected chi connectivity index (χ4v) is 2.62. The third-order valence-corrected chi connectivity index (χ3v) is 4.36. The number of anilines is 1. The summed E-state index contributed by atoms with van der Waals surface area (Å²) in [6, 6.07) is 17.0. The number of nitrogens with one attached hydrogen (secondary N) is 2. The summed E-state index contributed by atoms with van der Waals surface area (Å²) in [6.45, 7) is 1.63. The van der Waals surface area contributed by atoms with E-state index in [4.69, 9.17) is 4.74 Å². The van der Waals surface area contributed by atoms with Crippen molar-refractivity contribution in [3.63, 3.8) is 0 Å². The molecule has 1 aromatic heterocycles. The van der Waals surface area contributed by atoms with Crippen LogP contribution in [-0.2, 0) is 4.79 Å². The van der Waals surface area contributed by atoms with Gasteiger partial charge in [-0.1, -0.05) is 52.3 Å². The van der Waals surface area contributed by atoms with Crippen molar-refractivity contribution in [2.75, 3.05) is 5.32 Å². The van der Waals surface area contributed by atoms with Crippen LogP contribution in [0.15, 0.2) is 70.1 Å². The van der Waals surface area contributed by atoms with Crippen LogP contribution in [0.2, 0.25) is 0 Å². The Labute approximate surface area is 170 Å². The van der Waals surface area contributed by atoms with Crippen LogP contribution in [0, 0.1) is 0 Å². The van der Waals surface area contributed by atoms with Gasteiger partial charge in [0.15, 0.2) is 6.10 Å². The molecule has 0 aliphatic rings. The SMILES string of the molecule is CC(Oc1ccc(/C=C/c2ccc(Br)cc2)cc1)C(=O)Nc1ccnc(=O)[nH]1. The molecule has 3 rings (SSSR count). The molecule has 3 aromatic rings. The summed E-state index contributed by atoms with van der Waals surface area (Å²) in [5.74, 6) is 0.474. The Balaban J connectivity index is 1.57. The number of hydrogen-bond acceptors (Lipinski definition) is 4. The standard InChI is InChI=1S/C21H18BrN3O3/c1-14(20(26)24-19-12-13-23-21(27)25-19)28-18-10-6-16(7-11-18)3-2-15-4-8-17(22)9-5-15/h2-14H,1H3,(H2,23,24,25,26,27)/b3-2+. The number of amides is 1. The van der Waals surface area contributed by atoms with E-state index in [9.17, 15) is 9.59 Å². The summed E-state index contributed by atoms with van der Waals surface area (Å²) in [6.07, 6.45) is 4.61. The Kier molecular flexibility index (Phi) is 6.39. The van der Waals surface area contributed by atoms with Crippen molar-refractivity contribution >= 4 is 39.8 Å². The molecule has 1 amide bonds. The molecule has 1 atom stereocenters. The van der Waals surface area contributed by atoms with Gasteiger partial charge in [0.1, 0.15) is 11.6 Å². The van der Waals surface area contributed by atoms with E-state index >= 15 is 0 Å². The molecule has 6 nitrogen and oxygen atoms in total. The van der Waals surface area contributed by atoms with Gasteiger partial charge in [-0.25, -0.2) is 9.78 Å². The third-order valence-electron chi connectivity index (χ3n) is 3.83. The van der Waals surface area contributed by atoms with Crippen molar-refractivity contribution in [1.82, 2.24) is 9.97 Å². The molecule has 7 heteroatoms. The predicted molar refractivity (Wildman–Crippen MR) is 113 cm³/mol. The van der Waals surface area contributed by atoms with Gasteiger partial charge in [-0.3, -0.25) is 9.78 Å². The van der Waals surface area contributed by atoms with E-state index in [2.05, 4.69) is 31.2 Å². The fourth-order valence-electron chi connectivity index (χ4n) is 2.36. The lowest BCUT2D eigenvalue weighted by molar-refractivity contribution is -0.122. The molecule has 2 aromatic carbocycles. The maximum Gasteiger partial charge on any atom is 0.346 e. The van der Waals surface area contributed by atoms with Crippen molar-refractivity contribution in [3.05, 3.63) is 86.9 Å². The minimum atomic E-state index is -0.735. The topological polar surface area (TPSA) is 84.1 Å². The summed E-state index contributed by atoms with van der Waals surface area (Å²) in [7, 11) is 0. The lowest BCUT2D eigenvalue weighted by Gasteiger charge is -2.14. The number of aromatic amines is 1. The Morgan fingerprint density at radius 3 is 2.29 bits per heavy atom. The van der Waals surface area contributed by atoms with Gasteiger partial charge in [0.05, 0.1) is 0 Å². The molecule has 28 heavy (non-hydrogen) atoms. The highest BCUT2D eigenvalue weighted by Crippen LogP contribution is 2.17. The smallest absolute Gasteiger partial charge is 0.346 e. The minimum Gasteiger partial charge on any atom is -0.481 e. The zero-order chi connectivity index (χ0) is 19.9. The van der Waals surface area contributed by atoms with E-state index in [0.29, 0.717) is 5.75 Å². The lowest BCUT2D eigenvalue weighted by atomic mass is 10.1. The molecule has 1 unspecified atom stereocenters. The summed E-state index contributed by atoms with van der Waals surface area (Å²) < 4.78 is 6.70. The number of hydrogen-bond donors (Lipinski definition) is 2. The van der Waals surface area contributed by atoms with Crippen LogP contribution in [0.4, 0.5) is 5.82 Å². The van der Waals surface area contributed by atoms with Gasteiger partial charge in [-0.15, -0.1) is 0 Å². The van der Waals surface area contributed by atoms with Gasteiger partial charge in [0.25, 0.3) is 5.91 Å². The Hall–Kier alpha value is -3.19. The fraction of sp³-hybridized carbons (Fsp3) is 0.0952. The first kappa shape index (κ1) is 19.6. The molecule has 142 valence electrons. The van der Waals surface area contributed by atoms with Crippen LogP contribution in [0.5, 0.6) is 5.75 Å². The van der Waals surface area contributed by atoms with Crippen molar-refractivity contribution in [2.45, 2.75) is 13.0 Å². The predicted octanol–water partition coefficient (Wildman–Crippen LogP) is 4.11. The van der Waals surface area contributed by atoms with E-state index in [1.165, 1.54) is 12.3 Å². The molecule has 0 saturated heterocycles. The van der Waals surface area contributed by atoms with Gasteiger partial charge >= 0.3 is 5.69 Å². The van der Waals surface area contributed by atoms with Crippen LogP contribution in [-0.4, -0.2) is 22.0 Å². The van der Waals surface area contributed by atoms with Crippen LogP contribution >= 0.6 is 15.9 Å². The molecule has 0 saturated carbocycles. The zero-order valence-electron chi connectivity index (χ0n) is 15.1. The Morgan fingerprint density at radius 2 is 1.68 bits per heavy atom. The number of ether oxygens (including phenoxy) is 1. The second kappa shape index (κ2) is 9.14. The monoisotopic (exact) mass is 439 g/mol. The molecule has 0 aliphatic heterocycles. The zero-order valence-corrected chi connectivity index (χ0v) is 16.6. The van der Waals surface area contributed by atoms with E-state index in [0.717, 1.165) is 15.6 Å². The number of H-pyrrole nitrogens is 1. The summed E-state index contributed by atoms with van der Waals surface area (Å²) in [5, 5.41) is 2.58. The summed E-state index contributed by atoms with van der Waals surface area (Å²) >= 11 is 3.42. The Morgan fingerprint density at radius 1 is 1.07 bits per heavy atom.